The molecule has 0 rings (SSSR count). The Hall–Kier alpha value is -0.570. The molecule has 0 saturated carbocycles. The Morgan fingerprint density at radius 2 is 2.38 bits per heavy atom. The van der Waals surface area contributed by atoms with Crippen LogP contribution in [0.2, 0.25) is 0 Å². The van der Waals surface area contributed by atoms with Crippen molar-refractivity contribution < 1.29 is 9.59 Å². The van der Waals surface area contributed by atoms with Crippen LogP contribution in [0.4, 0.5) is 0 Å². The van der Waals surface area contributed by atoms with E-state index in [0.29, 0.717) is 6.29 Å². The van der Waals surface area contributed by atoms with Gasteiger partial charge in [0.05, 0.1) is 5.38 Å². The minimum absolute atomic E-state index is 0.0783. The third kappa shape index (κ3) is 3.61. The minimum Gasteiger partial charge on any atom is -0.370 e. The van der Waals surface area contributed by atoms with Crippen molar-refractivity contribution in [2.24, 2.45) is 5.73 Å². The zero-order valence-corrected chi connectivity index (χ0v) is 4.89. The fourth-order valence-electron chi connectivity index (χ4n) is 0.240. The molecule has 3 nitrogen and oxygen atoms in total. The molecule has 2 N–H and O–H groups in total. The van der Waals surface area contributed by atoms with E-state index in [1.807, 2.05) is 0 Å². The van der Waals surface area contributed by atoms with Crippen molar-refractivity contribution in [2.45, 2.75) is 11.8 Å². The first-order valence-electron chi connectivity index (χ1n) is 2.04. The van der Waals surface area contributed by atoms with Crippen molar-refractivity contribution in [1.29, 1.82) is 0 Å². The summed E-state index contributed by atoms with van der Waals surface area (Å²) in [5, 5.41) is -0.757. The van der Waals surface area contributed by atoms with E-state index in [1.54, 1.807) is 0 Å². The van der Waals surface area contributed by atoms with Gasteiger partial charge in [0.2, 0.25) is 5.91 Å². The lowest BCUT2D eigenvalue weighted by molar-refractivity contribution is -0.119. The number of hydrogen-bond acceptors (Lipinski definition) is 2. The predicted molar refractivity (Wildman–Crippen MR) is 29.5 cm³/mol. The van der Waals surface area contributed by atoms with Crippen LogP contribution in [0.1, 0.15) is 6.42 Å². The molecule has 1 amide bonds. The monoisotopic (exact) mass is 135 g/mol. The Bertz CT molecular complexity index is 104. The van der Waals surface area contributed by atoms with Crippen molar-refractivity contribution in [1.82, 2.24) is 0 Å². The maximum absolute atomic E-state index is 9.95. The molecule has 0 heterocycles. The van der Waals surface area contributed by atoms with Crippen LogP contribution in [0, 0.1) is 0 Å². The van der Waals surface area contributed by atoms with Crippen molar-refractivity contribution in [3.05, 3.63) is 0 Å². The average molecular weight is 136 g/mol. The van der Waals surface area contributed by atoms with Gasteiger partial charge in [0.25, 0.3) is 0 Å². The number of rotatable bonds is 3. The summed E-state index contributed by atoms with van der Waals surface area (Å²) < 4.78 is 0. The van der Waals surface area contributed by atoms with E-state index in [0.717, 1.165) is 0 Å². The van der Waals surface area contributed by atoms with Gasteiger partial charge >= 0.3 is 0 Å². The summed E-state index contributed by atoms with van der Waals surface area (Å²) in [7, 11) is 0. The number of aldehydes is 1. The lowest BCUT2D eigenvalue weighted by Crippen LogP contribution is -2.16. The molecule has 0 bridgehead atoms. The summed E-state index contributed by atoms with van der Waals surface area (Å²) >= 11 is 5.19. The molecule has 0 spiro atoms. The number of carbonyl (C=O) groups is 2. The molecule has 8 heavy (non-hydrogen) atoms. The first-order chi connectivity index (χ1) is 3.66. The SMILES string of the molecule is NC(=O)CC(Cl)C=O. The van der Waals surface area contributed by atoms with Gasteiger partial charge in [-0.2, -0.15) is 0 Å². The molecule has 0 aliphatic heterocycles. The Morgan fingerprint density at radius 1 is 1.88 bits per heavy atom. The summed E-state index contributed by atoms with van der Waals surface area (Å²) in [5.41, 5.74) is 4.69. The zero-order valence-electron chi connectivity index (χ0n) is 4.13. The maximum atomic E-state index is 9.95. The highest BCUT2D eigenvalue weighted by atomic mass is 35.5. The summed E-state index contributed by atoms with van der Waals surface area (Å²) in [6, 6.07) is 0. The molecule has 0 aromatic heterocycles. The van der Waals surface area contributed by atoms with Crippen LogP contribution in [-0.4, -0.2) is 17.6 Å². The van der Waals surface area contributed by atoms with E-state index < -0.39 is 11.3 Å². The second-order valence-corrected chi connectivity index (χ2v) is 1.88. The Kier molecular flexibility index (Phi) is 3.19. The van der Waals surface area contributed by atoms with Gasteiger partial charge in [-0.05, 0) is 0 Å². The molecule has 0 saturated heterocycles. The minimum atomic E-state index is -0.757. The standard InChI is InChI=1S/C4H6ClNO2/c5-3(2-7)1-4(6)8/h2-3H,1H2,(H2,6,8). The van der Waals surface area contributed by atoms with Gasteiger partial charge in [0.1, 0.15) is 6.29 Å². The van der Waals surface area contributed by atoms with Crippen LogP contribution in [0.15, 0.2) is 0 Å². The number of nitrogens with two attached hydrogens (primary N) is 1. The lowest BCUT2D eigenvalue weighted by Gasteiger charge is -1.92. The predicted octanol–water partition coefficient (Wildman–Crippen LogP) is -0.332. The third-order valence-corrected chi connectivity index (χ3v) is 0.801. The van der Waals surface area contributed by atoms with Crippen LogP contribution in [-0.2, 0) is 9.59 Å². The normalized spacial score (nSPS) is 12.6. The number of carbonyl (C=O) groups excluding carboxylic acids is 2. The quantitative estimate of drug-likeness (QED) is 0.426. The molecule has 0 fully saturated rings. The van der Waals surface area contributed by atoms with E-state index in [9.17, 15) is 9.59 Å². The number of amides is 1. The van der Waals surface area contributed by atoms with E-state index >= 15 is 0 Å². The highest BCUT2D eigenvalue weighted by Gasteiger charge is 2.04. The summed E-state index contributed by atoms with van der Waals surface area (Å²) in [6.45, 7) is 0. The lowest BCUT2D eigenvalue weighted by atomic mass is 10.3. The first-order valence-corrected chi connectivity index (χ1v) is 2.48. The highest BCUT2D eigenvalue weighted by Crippen LogP contribution is 1.94. The van der Waals surface area contributed by atoms with Crippen LogP contribution in [0.5, 0.6) is 0 Å². The Balaban J connectivity index is 3.38. The third-order valence-electron chi connectivity index (χ3n) is 0.544. The van der Waals surface area contributed by atoms with Gasteiger partial charge in [0, 0.05) is 6.42 Å². The van der Waals surface area contributed by atoms with E-state index in [2.05, 4.69) is 5.73 Å². The molecule has 0 radical (unpaired) electrons. The van der Waals surface area contributed by atoms with Crippen LogP contribution in [0.25, 0.3) is 0 Å². The second-order valence-electron chi connectivity index (χ2n) is 1.32. The van der Waals surface area contributed by atoms with Crippen LogP contribution in [0.3, 0.4) is 0 Å². The summed E-state index contributed by atoms with van der Waals surface area (Å²) in [4.78, 5) is 19.6. The van der Waals surface area contributed by atoms with Crippen molar-refractivity contribution in [3.8, 4) is 0 Å². The number of halogens is 1. The fourth-order valence-corrected chi connectivity index (χ4v) is 0.392. The second kappa shape index (κ2) is 3.43. The topological polar surface area (TPSA) is 60.2 Å². The molecule has 1 unspecified atom stereocenters. The molecule has 0 aromatic carbocycles. The smallest absolute Gasteiger partial charge is 0.219 e. The average Bonchev–Trinajstić information content (AvgIpc) is 1.65. The summed E-state index contributed by atoms with van der Waals surface area (Å²) in [6.07, 6.45) is 0.400. The van der Waals surface area contributed by atoms with Crippen LogP contribution >= 0.6 is 11.6 Å². The molecule has 0 aliphatic rings. The fraction of sp³-hybridized carbons (Fsp3) is 0.500. The molecule has 1 atom stereocenters. The number of primary amides is 1. The van der Waals surface area contributed by atoms with Gasteiger partial charge in [-0.15, -0.1) is 11.6 Å². The van der Waals surface area contributed by atoms with Crippen molar-refractivity contribution in [3.63, 3.8) is 0 Å². The van der Waals surface area contributed by atoms with Crippen LogP contribution < -0.4 is 5.73 Å². The molecule has 4 heteroatoms. The summed E-state index contributed by atoms with van der Waals surface area (Å²) in [5.74, 6) is -0.558. The first kappa shape index (κ1) is 7.43. The molecule has 0 aliphatic carbocycles. The largest absolute Gasteiger partial charge is 0.370 e. The van der Waals surface area contributed by atoms with Gasteiger partial charge in [0.15, 0.2) is 0 Å². The van der Waals surface area contributed by atoms with Gasteiger partial charge in [-0.1, -0.05) is 0 Å². The maximum Gasteiger partial charge on any atom is 0.219 e. The van der Waals surface area contributed by atoms with E-state index in [-0.39, 0.29) is 6.42 Å². The van der Waals surface area contributed by atoms with E-state index in [4.69, 9.17) is 11.6 Å². The highest BCUT2D eigenvalue weighted by molar-refractivity contribution is 6.28. The van der Waals surface area contributed by atoms with Crippen molar-refractivity contribution >= 4 is 23.8 Å². The van der Waals surface area contributed by atoms with Gasteiger partial charge < -0.3 is 10.5 Å². The van der Waals surface area contributed by atoms with Gasteiger partial charge in [-0.25, -0.2) is 0 Å². The van der Waals surface area contributed by atoms with Crippen molar-refractivity contribution in [2.75, 3.05) is 0 Å². The molecule has 46 valence electrons. The zero-order chi connectivity index (χ0) is 6.57. The number of hydrogen-bond donors (Lipinski definition) is 1. The number of alkyl halides is 1. The van der Waals surface area contributed by atoms with E-state index in [1.165, 1.54) is 0 Å². The molecular weight excluding hydrogens is 130 g/mol. The van der Waals surface area contributed by atoms with Gasteiger partial charge in [-0.3, -0.25) is 4.79 Å². The Labute approximate surface area is 51.8 Å². The molecule has 0 aromatic rings. The Morgan fingerprint density at radius 3 is 2.50 bits per heavy atom. The molecular formula is C4H6ClNO2.